The van der Waals surface area contributed by atoms with Crippen molar-refractivity contribution >= 4 is 16.5 Å². The van der Waals surface area contributed by atoms with E-state index in [1.54, 1.807) is 61.7 Å². The molecule has 0 aliphatic rings. The fourth-order valence-electron chi connectivity index (χ4n) is 4.23. The van der Waals surface area contributed by atoms with Crippen LogP contribution in [0.5, 0.6) is 0 Å². The van der Waals surface area contributed by atoms with Crippen molar-refractivity contribution < 1.29 is 26.3 Å². The summed E-state index contributed by atoms with van der Waals surface area (Å²) < 4.78 is 82.2. The Labute approximate surface area is 214 Å². The standard InChI is InChI=1S/C27H23F6N3S/c1-16-9-10-22(34-15-16)25(14-19-7-5-4-6-8-19,20-11-17(2)12-21(13-20)26(28,29)30)36-24-35-23(18(3)37-24)27(31,32)33/h4-13,15H,14H2,1-3H3,(H,35,36). The molecule has 10 heteroatoms. The van der Waals surface area contributed by atoms with Crippen molar-refractivity contribution in [2.75, 3.05) is 5.32 Å². The number of aryl methyl sites for hydroxylation is 3. The van der Waals surface area contributed by atoms with Crippen LogP contribution in [0, 0.1) is 20.8 Å². The van der Waals surface area contributed by atoms with Gasteiger partial charge in [-0.15, -0.1) is 11.3 Å². The van der Waals surface area contributed by atoms with Crippen LogP contribution in [0.25, 0.3) is 0 Å². The molecule has 37 heavy (non-hydrogen) atoms. The van der Waals surface area contributed by atoms with E-state index in [-0.39, 0.29) is 22.0 Å². The van der Waals surface area contributed by atoms with Gasteiger partial charge in [-0.05, 0) is 55.7 Å². The molecular weight excluding hydrogens is 512 g/mol. The second kappa shape index (κ2) is 9.81. The lowest BCUT2D eigenvalue weighted by atomic mass is 9.79. The molecule has 0 aliphatic carbocycles. The topological polar surface area (TPSA) is 37.8 Å². The van der Waals surface area contributed by atoms with E-state index in [1.807, 2.05) is 6.92 Å². The smallest absolute Gasteiger partial charge is 0.346 e. The maximum atomic E-state index is 13.9. The number of aromatic nitrogens is 2. The molecule has 0 fully saturated rings. The molecule has 1 unspecified atom stereocenters. The van der Waals surface area contributed by atoms with E-state index in [4.69, 9.17) is 0 Å². The molecule has 4 aromatic rings. The molecule has 0 aliphatic heterocycles. The van der Waals surface area contributed by atoms with Crippen LogP contribution in [0.4, 0.5) is 31.5 Å². The number of nitrogens with zero attached hydrogens (tertiary/aromatic N) is 2. The SMILES string of the molecule is Cc1ccc(C(Cc2ccccc2)(Nc2nc(C(F)(F)F)c(C)s2)c2cc(C)cc(C(F)(F)F)c2)nc1. The Morgan fingerprint density at radius 3 is 2.03 bits per heavy atom. The van der Waals surface area contributed by atoms with E-state index in [1.165, 1.54) is 6.92 Å². The molecule has 1 N–H and O–H groups in total. The molecule has 0 saturated carbocycles. The molecule has 0 radical (unpaired) electrons. The van der Waals surface area contributed by atoms with E-state index in [0.29, 0.717) is 11.3 Å². The maximum Gasteiger partial charge on any atom is 0.434 e. The third kappa shape index (κ3) is 5.79. The summed E-state index contributed by atoms with van der Waals surface area (Å²) in [5.41, 5.74) is -0.885. The lowest BCUT2D eigenvalue weighted by Crippen LogP contribution is -2.40. The van der Waals surface area contributed by atoms with Crippen LogP contribution in [0.15, 0.2) is 66.9 Å². The minimum absolute atomic E-state index is 0.0549. The van der Waals surface area contributed by atoms with Crippen molar-refractivity contribution in [2.45, 2.75) is 45.1 Å². The Kier molecular flexibility index (Phi) is 7.07. The summed E-state index contributed by atoms with van der Waals surface area (Å²) in [6, 6.07) is 16.1. The molecule has 2 heterocycles. The monoisotopic (exact) mass is 535 g/mol. The van der Waals surface area contributed by atoms with E-state index in [2.05, 4.69) is 15.3 Å². The summed E-state index contributed by atoms with van der Waals surface area (Å²) in [5.74, 6) is 0. The summed E-state index contributed by atoms with van der Waals surface area (Å²) >= 11 is 0.793. The van der Waals surface area contributed by atoms with Crippen LogP contribution in [-0.4, -0.2) is 9.97 Å². The van der Waals surface area contributed by atoms with Gasteiger partial charge in [0.2, 0.25) is 0 Å². The number of pyridine rings is 1. The van der Waals surface area contributed by atoms with Gasteiger partial charge in [-0.1, -0.05) is 48.0 Å². The third-order valence-corrected chi connectivity index (χ3v) is 6.83. The first-order chi connectivity index (χ1) is 17.3. The van der Waals surface area contributed by atoms with Gasteiger partial charge in [-0.3, -0.25) is 4.98 Å². The van der Waals surface area contributed by atoms with Gasteiger partial charge in [0.25, 0.3) is 0 Å². The number of alkyl halides is 6. The van der Waals surface area contributed by atoms with Crippen molar-refractivity contribution in [3.8, 4) is 0 Å². The highest BCUT2D eigenvalue weighted by Gasteiger charge is 2.42. The fraction of sp³-hybridized carbons (Fsp3) is 0.259. The van der Waals surface area contributed by atoms with Crippen LogP contribution in [0.2, 0.25) is 0 Å². The normalized spacial score (nSPS) is 13.9. The second-order valence-corrected chi connectivity index (χ2v) is 10.1. The number of halogens is 6. The second-order valence-electron chi connectivity index (χ2n) is 8.92. The van der Waals surface area contributed by atoms with Crippen LogP contribution in [0.3, 0.4) is 0 Å². The molecule has 0 amide bonds. The van der Waals surface area contributed by atoms with Gasteiger partial charge >= 0.3 is 12.4 Å². The van der Waals surface area contributed by atoms with Gasteiger partial charge < -0.3 is 5.32 Å². The van der Waals surface area contributed by atoms with Gasteiger partial charge in [0.1, 0.15) is 5.54 Å². The van der Waals surface area contributed by atoms with E-state index < -0.39 is 29.1 Å². The Bertz CT molecular complexity index is 1380. The molecule has 0 spiro atoms. The van der Waals surface area contributed by atoms with Crippen molar-refractivity contribution in [2.24, 2.45) is 0 Å². The Morgan fingerprint density at radius 2 is 1.46 bits per heavy atom. The number of anilines is 1. The minimum atomic E-state index is -4.67. The first-order valence-electron chi connectivity index (χ1n) is 11.3. The number of benzene rings is 2. The molecule has 4 rings (SSSR count). The number of hydrogen-bond donors (Lipinski definition) is 1. The zero-order valence-corrected chi connectivity index (χ0v) is 20.9. The van der Waals surface area contributed by atoms with Gasteiger partial charge in [0, 0.05) is 17.5 Å². The summed E-state index contributed by atoms with van der Waals surface area (Å²) in [6.45, 7) is 4.67. The summed E-state index contributed by atoms with van der Waals surface area (Å²) in [4.78, 5) is 8.28. The van der Waals surface area contributed by atoms with Crippen molar-refractivity contribution in [3.63, 3.8) is 0 Å². The van der Waals surface area contributed by atoms with Gasteiger partial charge in [-0.25, -0.2) is 4.98 Å². The molecule has 0 bridgehead atoms. The Balaban J connectivity index is 2.01. The van der Waals surface area contributed by atoms with Crippen molar-refractivity contribution in [1.29, 1.82) is 0 Å². The van der Waals surface area contributed by atoms with Gasteiger partial charge in [0.15, 0.2) is 10.8 Å². The summed E-state index contributed by atoms with van der Waals surface area (Å²) in [5, 5.41) is 3.04. The number of thiazole rings is 1. The van der Waals surface area contributed by atoms with Crippen LogP contribution >= 0.6 is 11.3 Å². The first kappa shape index (κ1) is 26.7. The number of hydrogen-bond acceptors (Lipinski definition) is 4. The summed E-state index contributed by atoms with van der Waals surface area (Å²) in [6.07, 6.45) is -7.62. The number of nitrogens with one attached hydrogen (secondary N) is 1. The van der Waals surface area contributed by atoms with E-state index in [0.717, 1.165) is 34.6 Å². The van der Waals surface area contributed by atoms with E-state index >= 15 is 0 Å². The molecule has 194 valence electrons. The first-order valence-corrected chi connectivity index (χ1v) is 12.1. The molecule has 1 atom stereocenters. The minimum Gasteiger partial charge on any atom is -0.346 e. The van der Waals surface area contributed by atoms with E-state index in [9.17, 15) is 26.3 Å². The quantitative estimate of drug-likeness (QED) is 0.254. The van der Waals surface area contributed by atoms with Crippen molar-refractivity contribution in [3.05, 3.63) is 111 Å². The zero-order chi connectivity index (χ0) is 27.0. The zero-order valence-electron chi connectivity index (χ0n) is 20.1. The lowest BCUT2D eigenvalue weighted by Gasteiger charge is -2.36. The Hall–Kier alpha value is -3.40. The predicted molar refractivity (Wildman–Crippen MR) is 132 cm³/mol. The predicted octanol–water partition coefficient (Wildman–Crippen LogP) is 8.10. The highest BCUT2D eigenvalue weighted by Crippen LogP contribution is 2.42. The molecule has 2 aromatic heterocycles. The molecular formula is C27H23F6N3S. The highest BCUT2D eigenvalue weighted by atomic mass is 32.1. The maximum absolute atomic E-state index is 13.9. The molecule has 0 saturated heterocycles. The average Bonchev–Trinajstić information content (AvgIpc) is 3.19. The number of rotatable bonds is 6. The van der Waals surface area contributed by atoms with Gasteiger partial charge in [0.05, 0.1) is 11.3 Å². The molecule has 2 aromatic carbocycles. The third-order valence-electron chi connectivity index (χ3n) is 5.94. The highest BCUT2D eigenvalue weighted by molar-refractivity contribution is 7.15. The molecule has 3 nitrogen and oxygen atoms in total. The summed E-state index contributed by atoms with van der Waals surface area (Å²) in [7, 11) is 0. The largest absolute Gasteiger partial charge is 0.434 e. The fourth-order valence-corrected chi connectivity index (χ4v) is 5.14. The van der Waals surface area contributed by atoms with Crippen molar-refractivity contribution in [1.82, 2.24) is 9.97 Å². The van der Waals surface area contributed by atoms with Crippen LogP contribution in [0.1, 0.15) is 44.1 Å². The lowest BCUT2D eigenvalue weighted by molar-refractivity contribution is -0.141. The van der Waals surface area contributed by atoms with Gasteiger partial charge in [-0.2, -0.15) is 26.3 Å². The Morgan fingerprint density at radius 1 is 0.784 bits per heavy atom. The van der Waals surface area contributed by atoms with Crippen LogP contribution < -0.4 is 5.32 Å². The average molecular weight is 536 g/mol. The van der Waals surface area contributed by atoms with Crippen LogP contribution in [-0.2, 0) is 24.3 Å².